The molecule has 1 aliphatic carbocycles. The van der Waals surface area contributed by atoms with E-state index in [1.807, 2.05) is 5.38 Å². The largest absolute Gasteiger partial charge is 0.364 e. The number of aromatic nitrogens is 1. The van der Waals surface area contributed by atoms with Crippen LogP contribution in [0, 0.1) is 0 Å². The molecule has 0 amide bonds. The molecule has 1 aromatic heterocycles. The maximum atomic E-state index is 13.4. The standard InChI is InChI=1S/C9H12ClFN2S/c10-9-13-8(5-14-9)12-7-4-2-1-3-6(7)11/h5-7,12H,1-4H2/t6-,7-/m1/s1. The molecule has 0 spiro atoms. The van der Waals surface area contributed by atoms with Gasteiger partial charge in [-0.2, -0.15) is 0 Å². The number of anilines is 1. The number of nitrogens with zero attached hydrogens (tertiary/aromatic N) is 1. The van der Waals surface area contributed by atoms with Crippen LogP contribution >= 0.6 is 22.9 Å². The number of nitrogens with one attached hydrogen (secondary N) is 1. The number of rotatable bonds is 2. The fourth-order valence-electron chi connectivity index (χ4n) is 1.76. The Labute approximate surface area is 91.5 Å². The van der Waals surface area contributed by atoms with Gasteiger partial charge in [-0.25, -0.2) is 9.37 Å². The minimum atomic E-state index is -0.746. The molecule has 0 bridgehead atoms. The highest BCUT2D eigenvalue weighted by molar-refractivity contribution is 7.14. The highest BCUT2D eigenvalue weighted by Crippen LogP contribution is 2.26. The topological polar surface area (TPSA) is 24.9 Å². The maximum absolute atomic E-state index is 13.4. The van der Waals surface area contributed by atoms with Crippen molar-refractivity contribution in [1.29, 1.82) is 0 Å². The third-order valence-corrected chi connectivity index (χ3v) is 3.47. The normalized spacial score (nSPS) is 27.6. The zero-order valence-corrected chi connectivity index (χ0v) is 9.24. The molecule has 1 N–H and O–H groups in total. The minimum Gasteiger partial charge on any atom is -0.364 e. The lowest BCUT2D eigenvalue weighted by atomic mass is 9.94. The summed E-state index contributed by atoms with van der Waals surface area (Å²) in [5.74, 6) is 0.703. The monoisotopic (exact) mass is 234 g/mol. The minimum absolute atomic E-state index is 0.0816. The van der Waals surface area contributed by atoms with Crippen LogP contribution < -0.4 is 5.32 Å². The molecule has 2 nitrogen and oxygen atoms in total. The molecule has 0 aromatic carbocycles. The molecule has 1 aliphatic rings. The lowest BCUT2D eigenvalue weighted by Crippen LogP contribution is -2.33. The van der Waals surface area contributed by atoms with Crippen molar-refractivity contribution in [3.05, 3.63) is 9.85 Å². The molecule has 5 heteroatoms. The third kappa shape index (κ3) is 2.36. The molecule has 2 rings (SSSR count). The molecule has 1 fully saturated rings. The smallest absolute Gasteiger partial charge is 0.185 e. The molecular weight excluding hydrogens is 223 g/mol. The van der Waals surface area contributed by atoms with Gasteiger partial charge in [-0.1, -0.05) is 24.4 Å². The lowest BCUT2D eigenvalue weighted by molar-refractivity contribution is 0.229. The Balaban J connectivity index is 1.95. The summed E-state index contributed by atoms with van der Waals surface area (Å²) >= 11 is 7.05. The Kier molecular flexibility index (Phi) is 3.23. The molecular formula is C9H12ClFN2S. The second-order valence-electron chi connectivity index (χ2n) is 3.54. The molecule has 1 heterocycles. The first-order valence-corrected chi connectivity index (χ1v) is 6.03. The first-order chi connectivity index (χ1) is 6.75. The van der Waals surface area contributed by atoms with Crippen molar-refractivity contribution in [3.63, 3.8) is 0 Å². The van der Waals surface area contributed by atoms with E-state index in [4.69, 9.17) is 11.6 Å². The molecule has 2 atom stereocenters. The number of halogens is 2. The summed E-state index contributed by atoms with van der Waals surface area (Å²) in [7, 11) is 0. The van der Waals surface area contributed by atoms with Crippen LogP contribution in [0.5, 0.6) is 0 Å². The summed E-state index contributed by atoms with van der Waals surface area (Å²) in [5, 5.41) is 4.91. The van der Waals surface area contributed by atoms with E-state index in [0.717, 1.165) is 19.3 Å². The molecule has 0 aliphatic heterocycles. The molecule has 0 unspecified atom stereocenters. The first-order valence-electron chi connectivity index (χ1n) is 4.77. The first kappa shape index (κ1) is 10.2. The van der Waals surface area contributed by atoms with Crippen LogP contribution in [0.15, 0.2) is 5.38 Å². The summed E-state index contributed by atoms with van der Waals surface area (Å²) in [6.45, 7) is 0. The number of hydrogen-bond donors (Lipinski definition) is 1. The van der Waals surface area contributed by atoms with E-state index in [1.54, 1.807) is 0 Å². The zero-order chi connectivity index (χ0) is 9.97. The molecule has 1 saturated carbocycles. The van der Waals surface area contributed by atoms with Gasteiger partial charge in [-0.3, -0.25) is 0 Å². The Hall–Kier alpha value is -0.350. The predicted octanol–water partition coefficient (Wildman–Crippen LogP) is 3.49. The van der Waals surface area contributed by atoms with Gasteiger partial charge in [0, 0.05) is 5.38 Å². The van der Waals surface area contributed by atoms with Crippen LogP contribution in [0.4, 0.5) is 10.2 Å². The average Bonchev–Trinajstić information content (AvgIpc) is 2.56. The van der Waals surface area contributed by atoms with E-state index in [1.165, 1.54) is 11.3 Å². The van der Waals surface area contributed by atoms with E-state index in [2.05, 4.69) is 10.3 Å². The molecule has 0 saturated heterocycles. The van der Waals surface area contributed by atoms with Gasteiger partial charge in [0.05, 0.1) is 6.04 Å². The maximum Gasteiger partial charge on any atom is 0.185 e. The van der Waals surface area contributed by atoms with E-state index >= 15 is 0 Å². The summed E-state index contributed by atoms with van der Waals surface area (Å²) in [4.78, 5) is 4.05. The summed E-state index contributed by atoms with van der Waals surface area (Å²) in [5.41, 5.74) is 0. The van der Waals surface area contributed by atoms with Crippen molar-refractivity contribution >= 4 is 28.8 Å². The fourth-order valence-corrected chi connectivity index (χ4v) is 2.46. The highest BCUT2D eigenvalue weighted by Gasteiger charge is 2.24. The van der Waals surface area contributed by atoms with Crippen molar-refractivity contribution in [2.24, 2.45) is 0 Å². The van der Waals surface area contributed by atoms with E-state index in [-0.39, 0.29) is 6.04 Å². The van der Waals surface area contributed by atoms with Gasteiger partial charge in [-0.05, 0) is 12.8 Å². The van der Waals surface area contributed by atoms with Crippen molar-refractivity contribution in [2.45, 2.75) is 37.9 Å². The van der Waals surface area contributed by atoms with Gasteiger partial charge < -0.3 is 5.32 Å². The molecule has 1 aromatic rings. The van der Waals surface area contributed by atoms with Gasteiger partial charge in [0.15, 0.2) is 4.47 Å². The van der Waals surface area contributed by atoms with Crippen molar-refractivity contribution in [1.82, 2.24) is 4.98 Å². The number of hydrogen-bond acceptors (Lipinski definition) is 3. The quantitative estimate of drug-likeness (QED) is 0.848. The Morgan fingerprint density at radius 3 is 2.93 bits per heavy atom. The second kappa shape index (κ2) is 4.45. The van der Waals surface area contributed by atoms with Crippen LogP contribution in [0.3, 0.4) is 0 Å². The van der Waals surface area contributed by atoms with Gasteiger partial charge in [0.1, 0.15) is 12.0 Å². The third-order valence-electron chi connectivity index (χ3n) is 2.49. The van der Waals surface area contributed by atoms with Crippen LogP contribution in [-0.2, 0) is 0 Å². The predicted molar refractivity (Wildman–Crippen MR) is 57.9 cm³/mol. The van der Waals surface area contributed by atoms with Crippen LogP contribution in [0.2, 0.25) is 4.47 Å². The average molecular weight is 235 g/mol. The Bertz CT molecular complexity index is 305. The van der Waals surface area contributed by atoms with Gasteiger partial charge in [0.2, 0.25) is 0 Å². The Morgan fingerprint density at radius 1 is 1.50 bits per heavy atom. The lowest BCUT2D eigenvalue weighted by Gasteiger charge is -2.26. The number of thiazole rings is 1. The van der Waals surface area contributed by atoms with E-state index in [0.29, 0.717) is 16.7 Å². The second-order valence-corrected chi connectivity index (χ2v) is 4.98. The van der Waals surface area contributed by atoms with E-state index in [9.17, 15) is 4.39 Å². The molecule has 14 heavy (non-hydrogen) atoms. The molecule has 78 valence electrons. The van der Waals surface area contributed by atoms with Crippen molar-refractivity contribution < 1.29 is 4.39 Å². The highest BCUT2D eigenvalue weighted by atomic mass is 35.5. The summed E-state index contributed by atoms with van der Waals surface area (Å²) in [6, 6.07) is -0.0816. The van der Waals surface area contributed by atoms with Gasteiger partial charge >= 0.3 is 0 Å². The van der Waals surface area contributed by atoms with E-state index < -0.39 is 6.17 Å². The fraction of sp³-hybridized carbons (Fsp3) is 0.667. The molecule has 0 radical (unpaired) electrons. The Morgan fingerprint density at radius 2 is 2.29 bits per heavy atom. The van der Waals surface area contributed by atoms with Crippen LogP contribution in [0.25, 0.3) is 0 Å². The van der Waals surface area contributed by atoms with Crippen molar-refractivity contribution in [2.75, 3.05) is 5.32 Å². The van der Waals surface area contributed by atoms with Crippen LogP contribution in [-0.4, -0.2) is 17.2 Å². The number of alkyl halides is 1. The van der Waals surface area contributed by atoms with Gasteiger partial charge in [-0.15, -0.1) is 11.3 Å². The SMILES string of the molecule is F[C@@H]1CCCC[C@H]1Nc1csc(Cl)n1. The van der Waals surface area contributed by atoms with Crippen molar-refractivity contribution in [3.8, 4) is 0 Å². The van der Waals surface area contributed by atoms with Gasteiger partial charge in [0.25, 0.3) is 0 Å². The zero-order valence-electron chi connectivity index (χ0n) is 7.67. The van der Waals surface area contributed by atoms with Crippen LogP contribution in [0.1, 0.15) is 25.7 Å². The summed E-state index contributed by atoms with van der Waals surface area (Å²) in [6.07, 6.45) is 2.89. The summed E-state index contributed by atoms with van der Waals surface area (Å²) < 4.78 is 13.9.